The molecular formula is C14H20N2O4. The molecule has 0 saturated carbocycles. The summed E-state index contributed by atoms with van der Waals surface area (Å²) in [5.41, 5.74) is 7.55. The maximum Gasteiger partial charge on any atom is 0.319 e. The van der Waals surface area contributed by atoms with Crippen molar-refractivity contribution >= 4 is 11.9 Å². The van der Waals surface area contributed by atoms with Gasteiger partial charge in [0.25, 0.3) is 0 Å². The van der Waals surface area contributed by atoms with Crippen molar-refractivity contribution in [1.29, 1.82) is 0 Å². The third-order valence-corrected chi connectivity index (χ3v) is 2.83. The first kappa shape index (κ1) is 16.1. The maximum absolute atomic E-state index is 11.4. The second kappa shape index (κ2) is 8.29. The summed E-state index contributed by atoms with van der Waals surface area (Å²) in [7, 11) is 2.63. The molecule has 1 rings (SSSR count). The summed E-state index contributed by atoms with van der Waals surface area (Å²) in [6, 6.07) is 7.68. The fraction of sp³-hybridized carbons (Fsp3) is 0.429. The van der Waals surface area contributed by atoms with Crippen molar-refractivity contribution in [2.45, 2.75) is 13.1 Å². The lowest BCUT2D eigenvalue weighted by Crippen LogP contribution is -2.35. The fourth-order valence-electron chi connectivity index (χ4n) is 1.70. The number of rotatable bonds is 7. The average molecular weight is 280 g/mol. The van der Waals surface area contributed by atoms with Gasteiger partial charge in [-0.05, 0) is 11.1 Å². The van der Waals surface area contributed by atoms with E-state index in [9.17, 15) is 9.59 Å². The number of methoxy groups -OCH3 is 2. The summed E-state index contributed by atoms with van der Waals surface area (Å²) in [4.78, 5) is 24.4. The molecule has 0 amide bonds. The molecule has 0 bridgehead atoms. The van der Waals surface area contributed by atoms with E-state index in [1.54, 1.807) is 4.90 Å². The number of nitrogens with zero attached hydrogens (tertiary/aromatic N) is 1. The van der Waals surface area contributed by atoms with E-state index in [2.05, 4.69) is 9.47 Å². The quantitative estimate of drug-likeness (QED) is 0.723. The molecule has 0 heterocycles. The van der Waals surface area contributed by atoms with Crippen LogP contribution in [0.2, 0.25) is 0 Å². The van der Waals surface area contributed by atoms with Gasteiger partial charge in [0.1, 0.15) is 0 Å². The maximum atomic E-state index is 11.4. The van der Waals surface area contributed by atoms with Crippen molar-refractivity contribution in [2.24, 2.45) is 5.73 Å². The van der Waals surface area contributed by atoms with Crippen LogP contribution in [0.25, 0.3) is 0 Å². The molecule has 0 aromatic heterocycles. The van der Waals surface area contributed by atoms with Gasteiger partial charge >= 0.3 is 11.9 Å². The van der Waals surface area contributed by atoms with Crippen molar-refractivity contribution < 1.29 is 19.1 Å². The number of carbonyl (C=O) groups excluding carboxylic acids is 2. The molecular weight excluding hydrogens is 260 g/mol. The van der Waals surface area contributed by atoms with E-state index in [1.165, 1.54) is 14.2 Å². The molecule has 110 valence electrons. The predicted octanol–water partition coefficient (Wildman–Crippen LogP) is 0.293. The Morgan fingerprint density at radius 3 is 1.85 bits per heavy atom. The molecule has 6 nitrogen and oxygen atoms in total. The Labute approximate surface area is 118 Å². The first-order chi connectivity index (χ1) is 9.58. The Kier molecular flexibility index (Phi) is 6.69. The van der Waals surface area contributed by atoms with E-state index >= 15 is 0 Å². The second-order valence-electron chi connectivity index (χ2n) is 4.32. The van der Waals surface area contributed by atoms with Crippen LogP contribution in [-0.4, -0.2) is 44.1 Å². The zero-order valence-corrected chi connectivity index (χ0v) is 11.8. The first-order valence-corrected chi connectivity index (χ1v) is 6.23. The molecule has 0 unspecified atom stereocenters. The zero-order chi connectivity index (χ0) is 15.0. The van der Waals surface area contributed by atoms with Gasteiger partial charge in [-0.2, -0.15) is 0 Å². The van der Waals surface area contributed by atoms with Gasteiger partial charge in [0.05, 0.1) is 27.3 Å². The van der Waals surface area contributed by atoms with E-state index in [0.717, 1.165) is 11.1 Å². The smallest absolute Gasteiger partial charge is 0.319 e. The second-order valence-corrected chi connectivity index (χ2v) is 4.32. The highest BCUT2D eigenvalue weighted by molar-refractivity contribution is 5.74. The summed E-state index contributed by atoms with van der Waals surface area (Å²) in [5.74, 6) is -0.792. The molecule has 2 N–H and O–H groups in total. The normalized spacial score (nSPS) is 10.4. The standard InChI is InChI=1S/C14H20N2O4/c1-19-13(17)9-16(10-14(18)20-2)8-12-5-3-11(7-15)4-6-12/h3-6H,7-10,15H2,1-2H3. The fourth-order valence-corrected chi connectivity index (χ4v) is 1.70. The summed E-state index contributed by atoms with van der Waals surface area (Å²) >= 11 is 0. The van der Waals surface area contributed by atoms with Gasteiger partial charge in [-0.1, -0.05) is 24.3 Å². The van der Waals surface area contributed by atoms with Crippen molar-refractivity contribution in [3.63, 3.8) is 0 Å². The van der Waals surface area contributed by atoms with Crippen LogP contribution >= 0.6 is 0 Å². The highest BCUT2D eigenvalue weighted by Crippen LogP contribution is 2.07. The molecule has 0 fully saturated rings. The van der Waals surface area contributed by atoms with Crippen LogP contribution < -0.4 is 5.73 Å². The summed E-state index contributed by atoms with van der Waals surface area (Å²) in [5, 5.41) is 0. The van der Waals surface area contributed by atoms with Gasteiger partial charge in [0.2, 0.25) is 0 Å². The van der Waals surface area contributed by atoms with Crippen LogP contribution in [-0.2, 0) is 32.2 Å². The molecule has 1 aromatic rings. The molecule has 6 heteroatoms. The van der Waals surface area contributed by atoms with Crippen LogP contribution in [0.4, 0.5) is 0 Å². The minimum Gasteiger partial charge on any atom is -0.468 e. The Bertz CT molecular complexity index is 427. The SMILES string of the molecule is COC(=O)CN(CC(=O)OC)Cc1ccc(CN)cc1. The molecule has 0 aliphatic carbocycles. The molecule has 0 aliphatic heterocycles. The zero-order valence-electron chi connectivity index (χ0n) is 11.8. The molecule has 0 atom stereocenters. The third kappa shape index (κ3) is 5.38. The van der Waals surface area contributed by atoms with Gasteiger partial charge < -0.3 is 15.2 Å². The number of esters is 2. The number of hydrogen-bond acceptors (Lipinski definition) is 6. The third-order valence-electron chi connectivity index (χ3n) is 2.83. The lowest BCUT2D eigenvalue weighted by Gasteiger charge is -2.19. The van der Waals surface area contributed by atoms with E-state index in [1.807, 2.05) is 24.3 Å². The van der Waals surface area contributed by atoms with Crippen LogP contribution in [0.5, 0.6) is 0 Å². The minimum atomic E-state index is -0.396. The Morgan fingerprint density at radius 2 is 1.45 bits per heavy atom. The Hall–Kier alpha value is -1.92. The molecule has 0 saturated heterocycles. The van der Waals surface area contributed by atoms with Gasteiger partial charge in [-0.25, -0.2) is 0 Å². The van der Waals surface area contributed by atoms with Crippen LogP contribution in [0.1, 0.15) is 11.1 Å². The van der Waals surface area contributed by atoms with E-state index in [0.29, 0.717) is 13.1 Å². The summed E-state index contributed by atoms with van der Waals surface area (Å²) < 4.78 is 9.24. The number of hydrogen-bond donors (Lipinski definition) is 1. The predicted molar refractivity (Wildman–Crippen MR) is 73.6 cm³/mol. The van der Waals surface area contributed by atoms with Gasteiger partial charge in [-0.15, -0.1) is 0 Å². The van der Waals surface area contributed by atoms with Gasteiger partial charge in [0.15, 0.2) is 0 Å². The number of benzene rings is 1. The van der Waals surface area contributed by atoms with Crippen LogP contribution in [0.3, 0.4) is 0 Å². The number of nitrogens with two attached hydrogens (primary N) is 1. The van der Waals surface area contributed by atoms with Crippen molar-refractivity contribution in [1.82, 2.24) is 4.90 Å². The van der Waals surface area contributed by atoms with Crippen molar-refractivity contribution in [2.75, 3.05) is 27.3 Å². The van der Waals surface area contributed by atoms with E-state index in [4.69, 9.17) is 5.73 Å². The summed E-state index contributed by atoms with van der Waals surface area (Å²) in [6.45, 7) is 0.998. The highest BCUT2D eigenvalue weighted by Gasteiger charge is 2.15. The van der Waals surface area contributed by atoms with E-state index < -0.39 is 11.9 Å². The van der Waals surface area contributed by atoms with Crippen LogP contribution in [0, 0.1) is 0 Å². The molecule has 20 heavy (non-hydrogen) atoms. The lowest BCUT2D eigenvalue weighted by molar-refractivity contribution is -0.145. The molecule has 0 spiro atoms. The van der Waals surface area contributed by atoms with Crippen molar-refractivity contribution in [3.05, 3.63) is 35.4 Å². The average Bonchev–Trinajstić information content (AvgIpc) is 2.47. The van der Waals surface area contributed by atoms with Gasteiger partial charge in [-0.3, -0.25) is 14.5 Å². The molecule has 0 aliphatic rings. The Morgan fingerprint density at radius 1 is 1.00 bits per heavy atom. The van der Waals surface area contributed by atoms with Gasteiger partial charge in [0, 0.05) is 13.1 Å². The minimum absolute atomic E-state index is 0.0320. The lowest BCUT2D eigenvalue weighted by atomic mass is 10.1. The first-order valence-electron chi connectivity index (χ1n) is 6.23. The Balaban J connectivity index is 2.70. The van der Waals surface area contributed by atoms with Crippen LogP contribution in [0.15, 0.2) is 24.3 Å². The monoisotopic (exact) mass is 280 g/mol. The molecule has 1 aromatic carbocycles. The molecule has 0 radical (unpaired) electrons. The topological polar surface area (TPSA) is 81.9 Å². The van der Waals surface area contributed by atoms with Crippen molar-refractivity contribution in [3.8, 4) is 0 Å². The number of carbonyl (C=O) groups is 2. The largest absolute Gasteiger partial charge is 0.468 e. The number of ether oxygens (including phenoxy) is 2. The highest BCUT2D eigenvalue weighted by atomic mass is 16.5. The van der Waals surface area contributed by atoms with E-state index in [-0.39, 0.29) is 13.1 Å². The summed E-state index contributed by atoms with van der Waals surface area (Å²) in [6.07, 6.45) is 0.